The first-order valence-electron chi connectivity index (χ1n) is 7.28. The fourth-order valence-corrected chi connectivity index (χ4v) is 2.08. The molecule has 2 aromatic rings. The normalized spacial score (nSPS) is 10.7. The van der Waals surface area contributed by atoms with Gasteiger partial charge in [-0.15, -0.1) is 0 Å². The van der Waals surface area contributed by atoms with Gasteiger partial charge in [0.25, 0.3) is 0 Å². The number of rotatable bonds is 5. The molecule has 6 nitrogen and oxygen atoms in total. The number of nitrogen functional groups attached to an aromatic ring is 2. The van der Waals surface area contributed by atoms with Crippen LogP contribution in [0, 0.1) is 28.9 Å². The van der Waals surface area contributed by atoms with Crippen LogP contribution in [0.25, 0.3) is 11.3 Å². The summed E-state index contributed by atoms with van der Waals surface area (Å²) in [6.07, 6.45) is 0.676. The first-order valence-corrected chi connectivity index (χ1v) is 7.28. The molecule has 0 aliphatic heterocycles. The zero-order valence-corrected chi connectivity index (χ0v) is 13.3. The highest BCUT2D eigenvalue weighted by Gasteiger charge is 2.21. The number of nitrogens with zero attached hydrogens (tertiary/aromatic N) is 3. The van der Waals surface area contributed by atoms with Crippen LogP contribution in [0.2, 0.25) is 0 Å². The van der Waals surface area contributed by atoms with E-state index in [9.17, 15) is 14.0 Å². The lowest BCUT2D eigenvalue weighted by Crippen LogP contribution is -2.08. The zero-order valence-electron chi connectivity index (χ0n) is 13.3. The number of hydrogen-bond acceptors (Lipinski definition) is 6. The molecule has 4 N–H and O–H groups in total. The van der Waals surface area contributed by atoms with Crippen LogP contribution in [0.3, 0.4) is 0 Å². The molecule has 0 unspecified atom stereocenters. The second kappa shape index (κ2) is 7.08. The van der Waals surface area contributed by atoms with Gasteiger partial charge in [-0.2, -0.15) is 10.2 Å². The molecule has 1 aromatic heterocycles. The average Bonchev–Trinajstić information content (AvgIpc) is 2.48. The van der Waals surface area contributed by atoms with Crippen molar-refractivity contribution in [3.63, 3.8) is 0 Å². The molecule has 0 aliphatic carbocycles. The second-order valence-corrected chi connectivity index (χ2v) is 5.60. The lowest BCUT2D eigenvalue weighted by Gasteiger charge is -2.15. The van der Waals surface area contributed by atoms with Gasteiger partial charge in [0.2, 0.25) is 5.95 Å². The third kappa shape index (κ3) is 3.68. The Balaban J connectivity index is 2.60. The highest BCUT2D eigenvalue weighted by molar-refractivity contribution is 5.77. The molecule has 0 spiro atoms. The van der Waals surface area contributed by atoms with Gasteiger partial charge in [-0.3, -0.25) is 0 Å². The van der Waals surface area contributed by atoms with Gasteiger partial charge in [0.05, 0.1) is 12.3 Å². The first-order chi connectivity index (χ1) is 11.3. The van der Waals surface area contributed by atoms with E-state index in [0.29, 0.717) is 18.4 Å². The van der Waals surface area contributed by atoms with E-state index in [1.54, 1.807) is 0 Å². The van der Waals surface area contributed by atoms with Crippen LogP contribution in [-0.4, -0.2) is 16.6 Å². The average molecular weight is 333 g/mol. The molecular weight excluding hydrogens is 316 g/mol. The summed E-state index contributed by atoms with van der Waals surface area (Å²) in [5.41, 5.74) is 11.0. The Morgan fingerprint density at radius 2 is 1.96 bits per heavy atom. The third-order valence-electron chi connectivity index (χ3n) is 3.27. The van der Waals surface area contributed by atoms with Crippen LogP contribution in [0.5, 0.6) is 5.75 Å². The van der Waals surface area contributed by atoms with Gasteiger partial charge in [-0.25, -0.2) is 13.8 Å². The van der Waals surface area contributed by atoms with Gasteiger partial charge in [-0.1, -0.05) is 13.8 Å². The lowest BCUT2D eigenvalue weighted by molar-refractivity contribution is 0.277. The smallest absolute Gasteiger partial charge is 0.222 e. The summed E-state index contributed by atoms with van der Waals surface area (Å²) in [5.74, 6) is -1.97. The summed E-state index contributed by atoms with van der Waals surface area (Å²) in [6.45, 7) is 4.21. The van der Waals surface area contributed by atoms with E-state index in [-0.39, 0.29) is 40.9 Å². The van der Waals surface area contributed by atoms with Gasteiger partial charge in [-0.05, 0) is 18.4 Å². The van der Waals surface area contributed by atoms with Crippen LogP contribution in [0.4, 0.5) is 20.5 Å². The van der Waals surface area contributed by atoms with E-state index >= 15 is 0 Å². The fraction of sp³-hybridized carbons (Fsp3) is 0.312. The Morgan fingerprint density at radius 3 is 2.58 bits per heavy atom. The molecule has 2 rings (SSSR count). The fourth-order valence-electron chi connectivity index (χ4n) is 2.08. The van der Waals surface area contributed by atoms with E-state index in [0.717, 1.165) is 6.07 Å². The van der Waals surface area contributed by atoms with Crippen LogP contribution < -0.4 is 16.2 Å². The quantitative estimate of drug-likeness (QED) is 0.870. The minimum Gasteiger partial charge on any atom is -0.490 e. The van der Waals surface area contributed by atoms with Crippen molar-refractivity contribution in [3.05, 3.63) is 29.3 Å². The molecule has 8 heteroatoms. The summed E-state index contributed by atoms with van der Waals surface area (Å²) >= 11 is 0. The zero-order chi connectivity index (χ0) is 17.9. The van der Waals surface area contributed by atoms with E-state index in [1.165, 1.54) is 0 Å². The number of anilines is 2. The lowest BCUT2D eigenvalue weighted by atomic mass is 10.0. The van der Waals surface area contributed by atoms with E-state index < -0.39 is 11.6 Å². The molecule has 24 heavy (non-hydrogen) atoms. The summed E-state index contributed by atoms with van der Waals surface area (Å²) in [5, 5.41) is 9.25. The maximum atomic E-state index is 14.2. The molecule has 126 valence electrons. The highest BCUT2D eigenvalue weighted by atomic mass is 19.1. The standard InChI is InChI=1S/C16H17F2N5O/c1-8(2)3-4-24-14-10(5-9(17)6-12(14)18)13-11(7-19)15(20)23-16(21)22-13/h5-6,8H,3-4H2,1-2H3,(H4,20,21,22,23). The summed E-state index contributed by atoms with van der Waals surface area (Å²) < 4.78 is 33.4. The van der Waals surface area contributed by atoms with Gasteiger partial charge < -0.3 is 16.2 Å². The molecular formula is C16H17F2N5O. The number of halogens is 2. The minimum absolute atomic E-state index is 0.0337. The SMILES string of the molecule is CC(C)CCOc1c(F)cc(F)cc1-c1nc(N)nc(N)c1C#N. The summed E-state index contributed by atoms with van der Waals surface area (Å²) in [6, 6.07) is 3.55. The Hall–Kier alpha value is -2.95. The monoisotopic (exact) mass is 333 g/mol. The summed E-state index contributed by atoms with van der Waals surface area (Å²) in [7, 11) is 0. The van der Waals surface area contributed by atoms with Crippen molar-refractivity contribution in [1.29, 1.82) is 5.26 Å². The van der Waals surface area contributed by atoms with Gasteiger partial charge in [0, 0.05) is 11.6 Å². The Kier molecular flexibility index (Phi) is 5.14. The Morgan fingerprint density at radius 1 is 1.25 bits per heavy atom. The second-order valence-electron chi connectivity index (χ2n) is 5.60. The van der Waals surface area contributed by atoms with Crippen molar-refractivity contribution >= 4 is 11.8 Å². The van der Waals surface area contributed by atoms with Crippen LogP contribution in [0.1, 0.15) is 25.8 Å². The molecule has 0 atom stereocenters. The molecule has 0 bridgehead atoms. The van der Waals surface area contributed by atoms with Gasteiger partial charge in [0.1, 0.15) is 23.3 Å². The van der Waals surface area contributed by atoms with Crippen molar-refractivity contribution in [2.24, 2.45) is 5.92 Å². The van der Waals surface area contributed by atoms with Crippen LogP contribution in [-0.2, 0) is 0 Å². The Bertz CT molecular complexity index is 802. The molecule has 0 saturated heterocycles. The van der Waals surface area contributed by atoms with E-state index in [4.69, 9.17) is 16.2 Å². The summed E-state index contributed by atoms with van der Waals surface area (Å²) in [4.78, 5) is 7.60. The molecule has 1 heterocycles. The van der Waals surface area contributed by atoms with Crippen molar-refractivity contribution in [1.82, 2.24) is 9.97 Å². The predicted molar refractivity (Wildman–Crippen MR) is 85.9 cm³/mol. The maximum absolute atomic E-state index is 14.2. The van der Waals surface area contributed by atoms with Crippen LogP contribution >= 0.6 is 0 Å². The number of nitriles is 1. The van der Waals surface area contributed by atoms with Gasteiger partial charge in [0.15, 0.2) is 11.6 Å². The number of nitrogens with two attached hydrogens (primary N) is 2. The largest absolute Gasteiger partial charge is 0.490 e. The molecule has 1 aromatic carbocycles. The number of benzene rings is 1. The number of ether oxygens (including phenoxy) is 1. The number of hydrogen-bond donors (Lipinski definition) is 2. The van der Waals surface area contributed by atoms with Crippen molar-refractivity contribution in [2.75, 3.05) is 18.1 Å². The van der Waals surface area contributed by atoms with E-state index in [2.05, 4.69) is 9.97 Å². The van der Waals surface area contributed by atoms with Crippen molar-refractivity contribution < 1.29 is 13.5 Å². The molecule has 0 fully saturated rings. The molecule has 0 radical (unpaired) electrons. The third-order valence-corrected chi connectivity index (χ3v) is 3.27. The topological polar surface area (TPSA) is 111 Å². The van der Waals surface area contributed by atoms with Crippen LogP contribution in [0.15, 0.2) is 12.1 Å². The van der Waals surface area contributed by atoms with Crippen molar-refractivity contribution in [2.45, 2.75) is 20.3 Å². The highest BCUT2D eigenvalue weighted by Crippen LogP contribution is 2.36. The molecule has 0 aliphatic rings. The minimum atomic E-state index is -0.895. The number of aromatic nitrogens is 2. The Labute approximate surface area is 138 Å². The van der Waals surface area contributed by atoms with Crippen molar-refractivity contribution in [3.8, 4) is 23.1 Å². The van der Waals surface area contributed by atoms with E-state index in [1.807, 2.05) is 19.9 Å². The van der Waals surface area contributed by atoms with Gasteiger partial charge >= 0.3 is 0 Å². The molecule has 0 saturated carbocycles. The first kappa shape index (κ1) is 17.4. The predicted octanol–water partition coefficient (Wildman–Crippen LogP) is 2.88. The molecule has 0 amide bonds. The maximum Gasteiger partial charge on any atom is 0.222 e.